The maximum absolute atomic E-state index is 13.0. The first-order chi connectivity index (χ1) is 9.60. The number of likely N-dealkylation sites (tertiary alicyclic amines) is 1. The number of nitrogens with zero attached hydrogens (tertiary/aromatic N) is 1. The molecule has 0 unspecified atom stereocenters. The van der Waals surface area contributed by atoms with Crippen LogP contribution >= 0.6 is 0 Å². The molecule has 2 heterocycles. The predicted molar refractivity (Wildman–Crippen MR) is 95.5 cm³/mol. The molecule has 0 N–H and O–H groups in total. The van der Waals surface area contributed by atoms with Crippen molar-refractivity contribution < 1.29 is 9.53 Å². The summed E-state index contributed by atoms with van der Waals surface area (Å²) >= 11 is 0. The third-order valence-electron chi connectivity index (χ3n) is 5.97. The number of hydrogen-bond acceptors (Lipinski definition) is 2. The van der Waals surface area contributed by atoms with Gasteiger partial charge in [0.1, 0.15) is 31.4 Å². The third kappa shape index (κ3) is 2.95. The topological polar surface area (TPSA) is 29.5 Å². The molecule has 3 nitrogen and oxygen atoms in total. The Morgan fingerprint density at radius 1 is 1.19 bits per heavy atom. The molecule has 3 rings (SSSR count). The van der Waals surface area contributed by atoms with E-state index in [0.717, 1.165) is 31.8 Å². The molecule has 2 saturated heterocycles. The summed E-state index contributed by atoms with van der Waals surface area (Å²) in [4.78, 5) is 15.2. The molecular formula is C14H27B4NO2. The number of rotatable bonds is 1. The van der Waals surface area contributed by atoms with E-state index in [0.29, 0.717) is 11.3 Å². The number of carbonyl (C=O) groups is 1. The third-order valence-corrected chi connectivity index (χ3v) is 5.97. The van der Waals surface area contributed by atoms with Crippen LogP contribution in [0.1, 0.15) is 39.0 Å². The molecule has 2 aliphatic heterocycles. The Morgan fingerprint density at radius 3 is 2.38 bits per heavy atom. The quantitative estimate of drug-likeness (QED) is 0.517. The molecule has 3 fully saturated rings. The van der Waals surface area contributed by atoms with Gasteiger partial charge in [-0.2, -0.15) is 0 Å². The van der Waals surface area contributed by atoms with Crippen LogP contribution in [0.15, 0.2) is 0 Å². The fourth-order valence-electron chi connectivity index (χ4n) is 5.28. The molecule has 7 heteroatoms. The van der Waals surface area contributed by atoms with E-state index in [4.69, 9.17) is 4.74 Å². The molecule has 112 valence electrons. The van der Waals surface area contributed by atoms with E-state index in [2.05, 4.69) is 43.2 Å². The highest BCUT2D eigenvalue weighted by molar-refractivity contribution is 6.42. The highest BCUT2D eigenvalue weighted by atomic mass is 16.5. The molecular weight excluding hydrogens is 257 g/mol. The van der Waals surface area contributed by atoms with Crippen molar-refractivity contribution >= 4 is 37.3 Å². The zero-order chi connectivity index (χ0) is 15.5. The summed E-state index contributed by atoms with van der Waals surface area (Å²) in [6.45, 7) is 4.36. The Kier molecular flexibility index (Phi) is 3.59. The van der Waals surface area contributed by atoms with Crippen molar-refractivity contribution in [2.75, 3.05) is 13.1 Å². The van der Waals surface area contributed by atoms with Crippen molar-refractivity contribution in [2.45, 2.75) is 49.8 Å². The first kappa shape index (κ1) is 15.6. The summed E-state index contributed by atoms with van der Waals surface area (Å²) in [6.07, 6.45) is 5.66. The molecule has 0 spiro atoms. The summed E-state index contributed by atoms with van der Waals surface area (Å²) in [7, 11) is 8.48. The molecule has 2 atom stereocenters. The van der Waals surface area contributed by atoms with Gasteiger partial charge in [0, 0.05) is 29.8 Å². The molecule has 1 saturated carbocycles. The molecule has 1 amide bonds. The first-order valence-corrected chi connectivity index (χ1v) is 8.59. The second-order valence-electron chi connectivity index (χ2n) is 9.19. The van der Waals surface area contributed by atoms with E-state index in [9.17, 15) is 4.79 Å². The number of carbonyl (C=O) groups excluding carboxylic acids is 1. The summed E-state index contributed by atoms with van der Waals surface area (Å²) in [5, 5.41) is -0.386. The fourth-order valence-corrected chi connectivity index (χ4v) is 5.28. The van der Waals surface area contributed by atoms with E-state index in [1.807, 2.05) is 0 Å². The Bertz CT molecular complexity index is 440. The van der Waals surface area contributed by atoms with Crippen LogP contribution in [0.4, 0.5) is 0 Å². The minimum Gasteiger partial charge on any atom is -0.404 e. The van der Waals surface area contributed by atoms with Crippen molar-refractivity contribution in [3.05, 3.63) is 0 Å². The van der Waals surface area contributed by atoms with Crippen molar-refractivity contribution in [3.8, 4) is 0 Å². The lowest BCUT2D eigenvalue weighted by Crippen LogP contribution is -2.56. The SMILES string of the molecule is BC1(B)CC(C(=O)N2C[C@H]3CCC[C@@]3(C)C2)CC(B)(B)O1. The van der Waals surface area contributed by atoms with Crippen molar-refractivity contribution in [3.63, 3.8) is 0 Å². The molecule has 1 aliphatic carbocycles. The van der Waals surface area contributed by atoms with Gasteiger partial charge in [-0.15, -0.1) is 0 Å². The molecule has 0 aromatic heterocycles. The average Bonchev–Trinajstić information content (AvgIpc) is 2.78. The Balaban J connectivity index is 1.71. The van der Waals surface area contributed by atoms with E-state index < -0.39 is 0 Å². The minimum atomic E-state index is -0.193. The number of ether oxygens (including phenoxy) is 1. The van der Waals surface area contributed by atoms with Crippen LogP contribution in [0.2, 0.25) is 0 Å². The fraction of sp³-hybridized carbons (Fsp3) is 0.929. The maximum atomic E-state index is 13.0. The first-order valence-electron chi connectivity index (χ1n) is 8.59. The lowest BCUT2D eigenvalue weighted by Gasteiger charge is -2.46. The smallest absolute Gasteiger partial charge is 0.225 e. The van der Waals surface area contributed by atoms with E-state index in [-0.39, 0.29) is 16.7 Å². The monoisotopic (exact) mass is 285 g/mol. The summed E-state index contributed by atoms with van der Waals surface area (Å²) in [5.74, 6) is 1.25. The van der Waals surface area contributed by atoms with Gasteiger partial charge in [-0.05, 0) is 37.0 Å². The molecule has 0 aromatic carbocycles. The van der Waals surface area contributed by atoms with Crippen molar-refractivity contribution in [2.24, 2.45) is 17.3 Å². The lowest BCUT2D eigenvalue weighted by atomic mass is 9.51. The Labute approximate surface area is 132 Å². The van der Waals surface area contributed by atoms with Crippen LogP contribution in [0.5, 0.6) is 0 Å². The van der Waals surface area contributed by atoms with Crippen LogP contribution in [-0.4, -0.2) is 66.1 Å². The van der Waals surface area contributed by atoms with Crippen LogP contribution in [0.25, 0.3) is 0 Å². The number of hydrogen-bond donors (Lipinski definition) is 0. The van der Waals surface area contributed by atoms with Crippen LogP contribution in [0.3, 0.4) is 0 Å². The van der Waals surface area contributed by atoms with Gasteiger partial charge in [0.15, 0.2) is 0 Å². The summed E-state index contributed by atoms with van der Waals surface area (Å²) in [6, 6.07) is 0. The van der Waals surface area contributed by atoms with Gasteiger partial charge in [-0.25, -0.2) is 0 Å². The Hall–Kier alpha value is -0.310. The van der Waals surface area contributed by atoms with Crippen LogP contribution in [0, 0.1) is 17.3 Å². The number of amides is 1. The van der Waals surface area contributed by atoms with Gasteiger partial charge in [0.25, 0.3) is 0 Å². The molecule has 21 heavy (non-hydrogen) atoms. The zero-order valence-corrected chi connectivity index (χ0v) is 14.4. The lowest BCUT2D eigenvalue weighted by molar-refractivity contribution is -0.142. The van der Waals surface area contributed by atoms with Crippen molar-refractivity contribution in [1.82, 2.24) is 4.90 Å². The van der Waals surface area contributed by atoms with Gasteiger partial charge in [0.05, 0.1) is 0 Å². The highest BCUT2D eigenvalue weighted by Gasteiger charge is 2.49. The van der Waals surface area contributed by atoms with Crippen LogP contribution in [-0.2, 0) is 9.53 Å². The molecule has 0 aromatic rings. The number of fused-ring (bicyclic) bond motifs is 1. The minimum absolute atomic E-state index is 0.131. The zero-order valence-electron chi connectivity index (χ0n) is 14.4. The van der Waals surface area contributed by atoms with E-state index in [1.54, 1.807) is 0 Å². The summed E-state index contributed by atoms with van der Waals surface area (Å²) in [5.41, 5.74) is 0.395. The van der Waals surface area contributed by atoms with Gasteiger partial charge >= 0.3 is 0 Å². The largest absolute Gasteiger partial charge is 0.404 e. The predicted octanol–water partition coefficient (Wildman–Crippen LogP) is -2.10. The molecule has 0 bridgehead atoms. The molecule has 3 aliphatic rings. The standard InChI is InChI=1S/C14H27B4NO2/c1-12-4-2-3-10(12)7-19(8-12)11(20)9-5-13(15,16)21-14(17,18)6-9/h9-10H,2-8,15-18H2,1H3/t10-,12+/m1/s1. The summed E-state index contributed by atoms with van der Waals surface area (Å²) < 4.78 is 6.13. The normalized spacial score (nSPS) is 38.3. The van der Waals surface area contributed by atoms with Gasteiger partial charge < -0.3 is 9.64 Å². The van der Waals surface area contributed by atoms with Gasteiger partial charge in [-0.3, -0.25) is 4.79 Å². The highest BCUT2D eigenvalue weighted by Crippen LogP contribution is 2.49. The van der Waals surface area contributed by atoms with Gasteiger partial charge in [-0.1, -0.05) is 13.3 Å². The maximum Gasteiger partial charge on any atom is 0.225 e. The average molecular weight is 285 g/mol. The second kappa shape index (κ2) is 4.84. The van der Waals surface area contributed by atoms with Gasteiger partial charge in [0.2, 0.25) is 5.91 Å². The van der Waals surface area contributed by atoms with Crippen LogP contribution < -0.4 is 0 Å². The van der Waals surface area contributed by atoms with E-state index in [1.165, 1.54) is 19.3 Å². The second-order valence-corrected chi connectivity index (χ2v) is 9.19. The van der Waals surface area contributed by atoms with E-state index >= 15 is 0 Å². The Morgan fingerprint density at radius 2 is 1.81 bits per heavy atom. The molecule has 0 radical (unpaired) electrons. The van der Waals surface area contributed by atoms with Crippen molar-refractivity contribution in [1.29, 1.82) is 0 Å².